The first-order valence-corrected chi connectivity index (χ1v) is 7.57. The summed E-state index contributed by atoms with van der Waals surface area (Å²) in [5.41, 5.74) is 1.56. The molecule has 0 atom stereocenters. The van der Waals surface area contributed by atoms with Gasteiger partial charge in [-0.25, -0.2) is 0 Å². The van der Waals surface area contributed by atoms with Crippen molar-refractivity contribution in [3.05, 3.63) is 28.8 Å². The highest BCUT2D eigenvalue weighted by atomic mass is 35.5. The summed E-state index contributed by atoms with van der Waals surface area (Å²) in [5.74, 6) is 0.906. The summed E-state index contributed by atoms with van der Waals surface area (Å²) in [6.07, 6.45) is 7.67. The second kappa shape index (κ2) is 6.82. The average molecular weight is 277 g/mol. The van der Waals surface area contributed by atoms with Crippen molar-refractivity contribution in [1.29, 1.82) is 5.26 Å². The van der Waals surface area contributed by atoms with Crippen LogP contribution in [0, 0.1) is 17.2 Å². The molecule has 0 unspecified atom stereocenters. The molecule has 1 saturated carbocycles. The molecule has 0 aromatic heterocycles. The van der Waals surface area contributed by atoms with Gasteiger partial charge in [-0.1, -0.05) is 31.4 Å². The third-order valence-electron chi connectivity index (χ3n) is 4.01. The van der Waals surface area contributed by atoms with E-state index >= 15 is 0 Å². The number of benzene rings is 1. The monoisotopic (exact) mass is 276 g/mol. The molecule has 0 radical (unpaired) electrons. The Hall–Kier alpha value is -1.20. The van der Waals surface area contributed by atoms with Crippen LogP contribution in [0.3, 0.4) is 0 Å². The van der Waals surface area contributed by atoms with Crippen molar-refractivity contribution < 1.29 is 0 Å². The van der Waals surface area contributed by atoms with E-state index in [9.17, 15) is 0 Å². The second-order valence-corrected chi connectivity index (χ2v) is 5.89. The van der Waals surface area contributed by atoms with Crippen LogP contribution in [0.4, 0.5) is 5.69 Å². The van der Waals surface area contributed by atoms with Crippen LogP contribution >= 0.6 is 11.6 Å². The fourth-order valence-corrected chi connectivity index (χ4v) is 3.13. The molecule has 1 aliphatic carbocycles. The van der Waals surface area contributed by atoms with E-state index in [1.54, 1.807) is 6.07 Å². The molecule has 1 aromatic rings. The molecule has 2 nitrogen and oxygen atoms in total. The third kappa shape index (κ3) is 3.88. The van der Waals surface area contributed by atoms with E-state index in [0.29, 0.717) is 16.6 Å². The van der Waals surface area contributed by atoms with Gasteiger partial charge in [0.15, 0.2) is 0 Å². The number of nitriles is 1. The van der Waals surface area contributed by atoms with E-state index in [1.165, 1.54) is 38.5 Å². The summed E-state index contributed by atoms with van der Waals surface area (Å²) in [6.45, 7) is 2.26. The maximum absolute atomic E-state index is 9.14. The van der Waals surface area contributed by atoms with E-state index in [0.717, 1.165) is 11.6 Å². The number of nitrogens with one attached hydrogen (secondary N) is 1. The maximum atomic E-state index is 9.14. The number of hydrogen-bond acceptors (Lipinski definition) is 2. The number of rotatable bonds is 4. The summed E-state index contributed by atoms with van der Waals surface area (Å²) >= 11 is 5.91. The lowest BCUT2D eigenvalue weighted by Gasteiger charge is -2.29. The molecule has 1 fully saturated rings. The first-order chi connectivity index (χ1) is 9.22. The standard InChI is InChI=1S/C16H21ClN2/c1-2-3-12-4-7-15(8-5-12)19-16-9-6-14(17)10-13(16)11-18/h6,9-10,12,15,19H,2-5,7-8H2,1H3. The van der Waals surface area contributed by atoms with Crippen molar-refractivity contribution in [2.24, 2.45) is 5.92 Å². The van der Waals surface area contributed by atoms with Crippen LogP contribution < -0.4 is 5.32 Å². The molecule has 0 heterocycles. The van der Waals surface area contributed by atoms with Gasteiger partial charge in [-0.3, -0.25) is 0 Å². The van der Waals surface area contributed by atoms with Gasteiger partial charge in [0.2, 0.25) is 0 Å². The second-order valence-electron chi connectivity index (χ2n) is 5.45. The smallest absolute Gasteiger partial charge is 0.101 e. The Balaban J connectivity index is 1.94. The van der Waals surface area contributed by atoms with Gasteiger partial charge in [-0.05, 0) is 49.8 Å². The Morgan fingerprint density at radius 1 is 1.32 bits per heavy atom. The van der Waals surface area contributed by atoms with Gasteiger partial charge in [0.25, 0.3) is 0 Å². The van der Waals surface area contributed by atoms with Crippen molar-refractivity contribution in [1.82, 2.24) is 0 Å². The zero-order valence-electron chi connectivity index (χ0n) is 11.5. The van der Waals surface area contributed by atoms with Gasteiger partial charge >= 0.3 is 0 Å². The van der Waals surface area contributed by atoms with Crippen molar-refractivity contribution in [3.63, 3.8) is 0 Å². The normalized spacial score (nSPS) is 22.8. The molecule has 1 aromatic carbocycles. The zero-order chi connectivity index (χ0) is 13.7. The maximum Gasteiger partial charge on any atom is 0.101 e. The highest BCUT2D eigenvalue weighted by Crippen LogP contribution is 2.30. The van der Waals surface area contributed by atoms with Crippen LogP contribution in [0.15, 0.2) is 18.2 Å². The molecule has 0 bridgehead atoms. The largest absolute Gasteiger partial charge is 0.381 e. The summed E-state index contributed by atoms with van der Waals surface area (Å²) in [5, 5.41) is 13.3. The Morgan fingerprint density at radius 3 is 2.68 bits per heavy atom. The Morgan fingerprint density at radius 2 is 2.05 bits per heavy atom. The molecule has 0 amide bonds. The van der Waals surface area contributed by atoms with E-state index in [2.05, 4.69) is 18.3 Å². The van der Waals surface area contributed by atoms with Crippen molar-refractivity contribution in [3.8, 4) is 6.07 Å². The zero-order valence-corrected chi connectivity index (χ0v) is 12.2. The number of hydrogen-bond donors (Lipinski definition) is 1. The summed E-state index contributed by atoms with van der Waals surface area (Å²) in [6, 6.07) is 8.19. The predicted octanol–water partition coefficient (Wildman–Crippen LogP) is 4.98. The van der Waals surface area contributed by atoms with E-state index in [1.807, 2.05) is 12.1 Å². The molecule has 0 saturated heterocycles. The van der Waals surface area contributed by atoms with Crippen LogP contribution in [-0.4, -0.2) is 6.04 Å². The Bertz CT molecular complexity index is 456. The van der Waals surface area contributed by atoms with Crippen LogP contribution in [0.5, 0.6) is 0 Å². The fourth-order valence-electron chi connectivity index (χ4n) is 2.96. The van der Waals surface area contributed by atoms with Crippen LogP contribution in [0.2, 0.25) is 5.02 Å². The minimum Gasteiger partial charge on any atom is -0.381 e. The van der Waals surface area contributed by atoms with Crippen LogP contribution in [0.25, 0.3) is 0 Å². The Labute approximate surface area is 120 Å². The van der Waals surface area contributed by atoms with Crippen molar-refractivity contribution in [2.45, 2.75) is 51.5 Å². The van der Waals surface area contributed by atoms with Gasteiger partial charge in [-0.2, -0.15) is 5.26 Å². The minimum absolute atomic E-state index is 0.501. The minimum atomic E-state index is 0.501. The van der Waals surface area contributed by atoms with Crippen LogP contribution in [0.1, 0.15) is 51.0 Å². The molecular weight excluding hydrogens is 256 g/mol. The summed E-state index contributed by atoms with van der Waals surface area (Å²) in [7, 11) is 0. The highest BCUT2D eigenvalue weighted by molar-refractivity contribution is 6.30. The Kier molecular flexibility index (Phi) is 5.10. The SMILES string of the molecule is CCCC1CCC(Nc2ccc(Cl)cc2C#N)CC1. The topological polar surface area (TPSA) is 35.8 Å². The first-order valence-electron chi connectivity index (χ1n) is 7.19. The van der Waals surface area contributed by atoms with Crippen molar-refractivity contribution in [2.75, 3.05) is 5.32 Å². The molecule has 1 N–H and O–H groups in total. The average Bonchev–Trinajstić information content (AvgIpc) is 2.43. The molecule has 0 spiro atoms. The predicted molar refractivity (Wildman–Crippen MR) is 80.4 cm³/mol. The summed E-state index contributed by atoms with van der Waals surface area (Å²) in [4.78, 5) is 0. The molecule has 2 rings (SSSR count). The lowest BCUT2D eigenvalue weighted by atomic mass is 9.83. The molecule has 0 aliphatic heterocycles. The van der Waals surface area contributed by atoms with E-state index in [-0.39, 0.29) is 0 Å². The number of anilines is 1. The number of nitrogens with zero attached hydrogens (tertiary/aromatic N) is 1. The molecule has 102 valence electrons. The van der Waals surface area contributed by atoms with E-state index in [4.69, 9.17) is 16.9 Å². The van der Waals surface area contributed by atoms with Gasteiger partial charge in [-0.15, -0.1) is 0 Å². The van der Waals surface area contributed by atoms with Gasteiger partial charge < -0.3 is 5.32 Å². The quantitative estimate of drug-likeness (QED) is 0.841. The molecule has 3 heteroatoms. The van der Waals surface area contributed by atoms with Gasteiger partial charge in [0, 0.05) is 11.1 Å². The highest BCUT2D eigenvalue weighted by Gasteiger charge is 2.20. The van der Waals surface area contributed by atoms with E-state index < -0.39 is 0 Å². The third-order valence-corrected chi connectivity index (χ3v) is 4.24. The lowest BCUT2D eigenvalue weighted by molar-refractivity contribution is 0.319. The molecule has 1 aliphatic rings. The molecule has 19 heavy (non-hydrogen) atoms. The van der Waals surface area contributed by atoms with Gasteiger partial charge in [0.05, 0.1) is 11.3 Å². The fraction of sp³-hybridized carbons (Fsp3) is 0.562. The summed E-state index contributed by atoms with van der Waals surface area (Å²) < 4.78 is 0. The van der Waals surface area contributed by atoms with Gasteiger partial charge in [0.1, 0.15) is 6.07 Å². The number of halogens is 1. The molecular formula is C16H21ClN2. The van der Waals surface area contributed by atoms with Crippen molar-refractivity contribution >= 4 is 17.3 Å². The lowest BCUT2D eigenvalue weighted by Crippen LogP contribution is -2.26. The van der Waals surface area contributed by atoms with Crippen LogP contribution in [-0.2, 0) is 0 Å². The first kappa shape index (κ1) is 14.2.